The van der Waals surface area contributed by atoms with Crippen molar-refractivity contribution in [1.82, 2.24) is 30.7 Å². The second kappa shape index (κ2) is 18.6. The van der Waals surface area contributed by atoms with Crippen LogP contribution in [0.25, 0.3) is 0 Å². The highest BCUT2D eigenvalue weighted by Gasteiger charge is 2.46. The highest BCUT2D eigenvalue weighted by molar-refractivity contribution is 5.98. The molecule has 6 amide bonds. The van der Waals surface area contributed by atoms with Gasteiger partial charge in [0.15, 0.2) is 0 Å². The van der Waals surface area contributed by atoms with Gasteiger partial charge in [-0.2, -0.15) is 0 Å². The van der Waals surface area contributed by atoms with Crippen molar-refractivity contribution in [2.75, 3.05) is 26.2 Å². The van der Waals surface area contributed by atoms with Crippen LogP contribution < -0.4 is 16.0 Å². The lowest BCUT2D eigenvalue weighted by molar-refractivity contribution is -0.158. The van der Waals surface area contributed by atoms with Gasteiger partial charge in [0, 0.05) is 32.1 Å². The lowest BCUT2D eigenvalue weighted by Gasteiger charge is -2.39. The molecule has 0 spiro atoms. The molecule has 310 valence electrons. The number of benzene rings is 1. The Morgan fingerprint density at radius 1 is 0.825 bits per heavy atom. The van der Waals surface area contributed by atoms with E-state index in [4.69, 9.17) is 4.74 Å². The van der Waals surface area contributed by atoms with Crippen LogP contribution in [0.15, 0.2) is 30.4 Å². The first-order valence-electron chi connectivity index (χ1n) is 20.4. The minimum Gasteiger partial charge on any atom is -0.461 e. The number of hydrogen-bond donors (Lipinski definition) is 3. The van der Waals surface area contributed by atoms with E-state index in [1.807, 2.05) is 6.92 Å². The topological polar surface area (TPSA) is 175 Å². The molecular weight excluding hydrogens is 742 g/mol. The molecule has 5 aliphatic rings. The number of allylic oxidation sites excluding steroid dienone is 1. The molecule has 1 saturated carbocycles. The molecule has 4 heterocycles. The van der Waals surface area contributed by atoms with E-state index in [0.29, 0.717) is 31.7 Å². The number of cyclic esters (lactones) is 1. The van der Waals surface area contributed by atoms with E-state index in [2.05, 4.69) is 16.0 Å². The van der Waals surface area contributed by atoms with Crippen molar-refractivity contribution in [1.29, 1.82) is 0 Å². The monoisotopic (exact) mass is 796 g/mol. The molecule has 6 rings (SSSR count). The van der Waals surface area contributed by atoms with Gasteiger partial charge in [-0.05, 0) is 93.9 Å². The van der Waals surface area contributed by atoms with E-state index in [9.17, 15) is 42.3 Å². The van der Waals surface area contributed by atoms with Gasteiger partial charge in [0.1, 0.15) is 54.5 Å². The summed E-state index contributed by atoms with van der Waals surface area (Å²) in [7, 11) is 0. The third-order valence-corrected chi connectivity index (χ3v) is 11.9. The van der Waals surface area contributed by atoms with Crippen molar-refractivity contribution in [3.05, 3.63) is 47.5 Å². The number of esters is 1. The van der Waals surface area contributed by atoms with Crippen molar-refractivity contribution < 1.29 is 47.1 Å². The van der Waals surface area contributed by atoms with E-state index < -0.39 is 95.9 Å². The second-order valence-electron chi connectivity index (χ2n) is 16.3. The van der Waals surface area contributed by atoms with E-state index >= 15 is 0 Å². The Morgan fingerprint density at radius 2 is 1.49 bits per heavy atom. The molecule has 1 aromatic rings. The standard InChI is InChI=1S/C41H54F2N6O8/c1-24-17-34-41(56)57-23-31(46-36(51)30(20-27-18-28(42)21-29(43)19-27)45-35(50)14-13-26-9-4-3-5-10-26)39(54)48-16-8-12-33(48)40(55)47-15-7-6-11-32(47)37(52)44-25(2)38(53)49(34)22-24/h13-14,18-19,21,24-26,30-34H,3-12,15-17,20,22-23H2,1-2H3,(H,44,52)(H,45,50)(H,46,51)/t24-,25+,30+,31+,32+,33+,34+/m1/s1. The summed E-state index contributed by atoms with van der Waals surface area (Å²) in [6, 6.07) is -4.08. The van der Waals surface area contributed by atoms with Crippen LogP contribution in [0.5, 0.6) is 0 Å². The maximum absolute atomic E-state index is 14.5. The van der Waals surface area contributed by atoms with Crippen LogP contribution in [-0.2, 0) is 44.7 Å². The Bertz CT molecular complexity index is 1730. The highest BCUT2D eigenvalue weighted by atomic mass is 19.1. The van der Waals surface area contributed by atoms with E-state index in [1.165, 1.54) is 27.7 Å². The Balaban J connectivity index is 1.30. The second-order valence-corrected chi connectivity index (χ2v) is 16.3. The summed E-state index contributed by atoms with van der Waals surface area (Å²) in [5, 5.41) is 8.01. The number of fused-ring (bicyclic) bond motifs is 3. The van der Waals surface area contributed by atoms with Crippen molar-refractivity contribution in [2.45, 2.75) is 127 Å². The maximum Gasteiger partial charge on any atom is 0.328 e. The predicted molar refractivity (Wildman–Crippen MR) is 202 cm³/mol. The summed E-state index contributed by atoms with van der Waals surface area (Å²) in [6.45, 7) is 3.38. The number of halogens is 2. The summed E-state index contributed by atoms with van der Waals surface area (Å²) < 4.78 is 34.3. The van der Waals surface area contributed by atoms with Gasteiger partial charge < -0.3 is 35.4 Å². The molecule has 57 heavy (non-hydrogen) atoms. The number of amides is 6. The molecule has 14 nitrogen and oxygen atoms in total. The molecule has 3 N–H and O–H groups in total. The number of carbonyl (C=O) groups is 7. The largest absolute Gasteiger partial charge is 0.461 e. The zero-order valence-corrected chi connectivity index (χ0v) is 32.7. The van der Waals surface area contributed by atoms with Crippen molar-refractivity contribution in [3.63, 3.8) is 0 Å². The highest BCUT2D eigenvalue weighted by Crippen LogP contribution is 2.28. The smallest absolute Gasteiger partial charge is 0.328 e. The van der Waals surface area contributed by atoms with E-state index in [-0.39, 0.29) is 56.3 Å². The Hall–Kier alpha value is -4.89. The molecule has 4 saturated heterocycles. The average Bonchev–Trinajstić information content (AvgIpc) is 3.84. The number of nitrogens with zero attached hydrogens (tertiary/aromatic N) is 3. The van der Waals surface area contributed by atoms with Crippen LogP contribution >= 0.6 is 0 Å². The summed E-state index contributed by atoms with van der Waals surface area (Å²) in [4.78, 5) is 101. The zero-order chi connectivity index (χ0) is 40.8. The molecule has 16 heteroatoms. The third-order valence-electron chi connectivity index (χ3n) is 11.9. The first-order valence-corrected chi connectivity index (χ1v) is 20.4. The molecule has 1 aromatic carbocycles. The average molecular weight is 797 g/mol. The van der Waals surface area contributed by atoms with Crippen LogP contribution in [0, 0.1) is 23.5 Å². The van der Waals surface area contributed by atoms with Gasteiger partial charge in [0.25, 0.3) is 0 Å². The molecule has 0 aromatic heterocycles. The van der Waals surface area contributed by atoms with Crippen LogP contribution in [0.3, 0.4) is 0 Å². The minimum absolute atomic E-state index is 0.0691. The molecular formula is C41H54F2N6O8. The van der Waals surface area contributed by atoms with Crippen LogP contribution in [-0.4, -0.2) is 119 Å². The third kappa shape index (κ3) is 10.2. The zero-order valence-electron chi connectivity index (χ0n) is 32.7. The first-order chi connectivity index (χ1) is 27.3. The van der Waals surface area contributed by atoms with Gasteiger partial charge >= 0.3 is 5.97 Å². The Kier molecular flexibility index (Phi) is 13.6. The lowest BCUT2D eigenvalue weighted by atomic mass is 9.89. The number of carbonyl (C=O) groups excluding carboxylic acids is 7. The van der Waals surface area contributed by atoms with Gasteiger partial charge in [-0.25, -0.2) is 13.6 Å². The molecule has 5 fully saturated rings. The first kappa shape index (κ1) is 41.7. The van der Waals surface area contributed by atoms with Crippen LogP contribution in [0.2, 0.25) is 0 Å². The van der Waals surface area contributed by atoms with Gasteiger partial charge in [-0.1, -0.05) is 32.3 Å². The van der Waals surface area contributed by atoms with Crippen molar-refractivity contribution in [2.24, 2.45) is 11.8 Å². The van der Waals surface area contributed by atoms with Gasteiger partial charge in [0.05, 0.1) is 0 Å². The number of hydrogen-bond acceptors (Lipinski definition) is 8. The Labute approximate surface area is 331 Å². The summed E-state index contributed by atoms with van der Waals surface area (Å²) >= 11 is 0. The number of piperidine rings is 1. The number of ether oxygens (including phenoxy) is 1. The summed E-state index contributed by atoms with van der Waals surface area (Å²) in [5.41, 5.74) is 0.0691. The van der Waals surface area contributed by atoms with Gasteiger partial charge in [-0.3, -0.25) is 28.8 Å². The molecule has 1 aliphatic carbocycles. The fourth-order valence-corrected chi connectivity index (χ4v) is 8.93. The molecule has 0 unspecified atom stereocenters. The van der Waals surface area contributed by atoms with Crippen molar-refractivity contribution >= 4 is 41.4 Å². The van der Waals surface area contributed by atoms with Gasteiger partial charge in [-0.15, -0.1) is 0 Å². The Morgan fingerprint density at radius 3 is 2.23 bits per heavy atom. The summed E-state index contributed by atoms with van der Waals surface area (Å²) in [5.74, 6) is -6.13. The van der Waals surface area contributed by atoms with Crippen LogP contribution in [0.4, 0.5) is 8.78 Å². The molecule has 0 bridgehead atoms. The summed E-state index contributed by atoms with van der Waals surface area (Å²) in [6.07, 6.45) is 10.5. The normalized spacial score (nSPS) is 28.7. The minimum atomic E-state index is -1.55. The fourth-order valence-electron chi connectivity index (χ4n) is 8.93. The SMILES string of the molecule is C[C@@H]1C[C@H]2C(=O)OC[C@H](NC(=O)[C@H](Cc3cc(F)cc(F)c3)NC(=O)C=CC3CCCCC3)C(=O)N3CCC[C@H]3C(=O)N3CCCC[C@H]3C(=O)N[C@@H](C)C(=O)N2C1. The fraction of sp³-hybridized carbons (Fsp3) is 0.634. The van der Waals surface area contributed by atoms with Crippen molar-refractivity contribution in [3.8, 4) is 0 Å². The predicted octanol–water partition coefficient (Wildman–Crippen LogP) is 2.28. The maximum atomic E-state index is 14.5. The number of rotatable bonds is 7. The van der Waals surface area contributed by atoms with E-state index in [0.717, 1.165) is 44.2 Å². The van der Waals surface area contributed by atoms with Crippen LogP contribution in [0.1, 0.15) is 90.0 Å². The van der Waals surface area contributed by atoms with Gasteiger partial charge in [0.2, 0.25) is 35.4 Å². The van der Waals surface area contributed by atoms with E-state index in [1.54, 1.807) is 6.08 Å². The lowest BCUT2D eigenvalue weighted by Crippen LogP contribution is -2.62. The molecule has 0 radical (unpaired) electrons. The quantitative estimate of drug-likeness (QED) is 0.279. The number of nitrogens with one attached hydrogen (secondary N) is 3. The molecule has 7 atom stereocenters. The molecule has 4 aliphatic heterocycles.